The Hall–Kier alpha value is -1.77. The molecule has 0 amide bonds. The quantitative estimate of drug-likeness (QED) is 0.723. The molecule has 0 atom stereocenters. The zero-order valence-corrected chi connectivity index (χ0v) is 12.1. The van der Waals surface area contributed by atoms with Crippen molar-refractivity contribution in [3.63, 3.8) is 0 Å². The number of halogens is 2. The molecular formula is C16H12Cl2N2. The van der Waals surface area contributed by atoms with Gasteiger partial charge in [-0.1, -0.05) is 47.5 Å². The fraction of sp³-hybridized carbons (Fsp3) is 0.0625. The van der Waals surface area contributed by atoms with Crippen LogP contribution in [0.5, 0.6) is 0 Å². The third kappa shape index (κ3) is 2.72. The van der Waals surface area contributed by atoms with Gasteiger partial charge in [-0.2, -0.15) is 0 Å². The van der Waals surface area contributed by atoms with Crippen LogP contribution in [0.15, 0.2) is 54.7 Å². The van der Waals surface area contributed by atoms with Crippen molar-refractivity contribution in [1.29, 1.82) is 0 Å². The molecule has 0 unspecified atom stereocenters. The highest BCUT2D eigenvalue weighted by atomic mass is 35.5. The number of para-hydroxylation sites is 1. The van der Waals surface area contributed by atoms with Gasteiger partial charge in [0.05, 0.1) is 16.2 Å². The molecule has 2 nitrogen and oxygen atoms in total. The normalized spacial score (nSPS) is 10.7. The summed E-state index contributed by atoms with van der Waals surface area (Å²) in [6.07, 6.45) is 1.80. The SMILES string of the molecule is Clc1ccc(Cl)c(NCc2cccc3cccnc23)c1. The zero-order chi connectivity index (χ0) is 13.9. The molecule has 0 spiro atoms. The van der Waals surface area contributed by atoms with E-state index in [4.69, 9.17) is 23.2 Å². The third-order valence-electron chi connectivity index (χ3n) is 3.11. The number of pyridine rings is 1. The monoisotopic (exact) mass is 302 g/mol. The lowest BCUT2D eigenvalue weighted by atomic mass is 10.1. The predicted octanol–water partition coefficient (Wildman–Crippen LogP) is 5.15. The van der Waals surface area contributed by atoms with E-state index < -0.39 is 0 Å². The zero-order valence-electron chi connectivity index (χ0n) is 10.6. The Labute approximate surface area is 127 Å². The van der Waals surface area contributed by atoms with Crippen LogP contribution in [0.25, 0.3) is 10.9 Å². The van der Waals surface area contributed by atoms with E-state index >= 15 is 0 Å². The molecule has 20 heavy (non-hydrogen) atoms. The number of nitrogens with zero attached hydrogens (tertiary/aromatic N) is 1. The number of fused-ring (bicyclic) bond motifs is 1. The second kappa shape index (κ2) is 5.70. The van der Waals surface area contributed by atoms with E-state index in [1.165, 1.54) is 0 Å². The van der Waals surface area contributed by atoms with Gasteiger partial charge in [-0.25, -0.2) is 0 Å². The molecule has 1 aromatic heterocycles. The van der Waals surface area contributed by atoms with Gasteiger partial charge >= 0.3 is 0 Å². The molecular weight excluding hydrogens is 291 g/mol. The summed E-state index contributed by atoms with van der Waals surface area (Å²) in [7, 11) is 0. The minimum absolute atomic E-state index is 0.647. The summed E-state index contributed by atoms with van der Waals surface area (Å²) in [5.41, 5.74) is 2.95. The highest BCUT2D eigenvalue weighted by molar-refractivity contribution is 6.35. The number of anilines is 1. The summed E-state index contributed by atoms with van der Waals surface area (Å²) in [5.74, 6) is 0. The Morgan fingerprint density at radius 1 is 1.00 bits per heavy atom. The maximum absolute atomic E-state index is 6.14. The van der Waals surface area contributed by atoms with E-state index in [0.717, 1.165) is 22.2 Å². The van der Waals surface area contributed by atoms with Crippen molar-refractivity contribution in [1.82, 2.24) is 4.98 Å². The average molecular weight is 303 g/mol. The molecule has 0 aliphatic heterocycles. The van der Waals surface area contributed by atoms with E-state index in [9.17, 15) is 0 Å². The van der Waals surface area contributed by atoms with Crippen molar-refractivity contribution in [3.05, 3.63) is 70.3 Å². The standard InChI is InChI=1S/C16H12Cl2N2/c17-13-6-7-14(18)15(9-13)20-10-12-4-1-3-11-5-2-8-19-16(11)12/h1-9,20H,10H2. The number of hydrogen-bond donors (Lipinski definition) is 1. The molecule has 4 heteroatoms. The number of hydrogen-bond acceptors (Lipinski definition) is 2. The summed E-state index contributed by atoms with van der Waals surface area (Å²) in [6, 6.07) is 15.5. The molecule has 3 rings (SSSR count). The fourth-order valence-electron chi connectivity index (χ4n) is 2.13. The lowest BCUT2D eigenvalue weighted by Crippen LogP contribution is -2.01. The summed E-state index contributed by atoms with van der Waals surface area (Å²) < 4.78 is 0. The maximum Gasteiger partial charge on any atom is 0.0751 e. The number of aromatic nitrogens is 1. The molecule has 3 aromatic rings. The van der Waals surface area contributed by atoms with Gasteiger partial charge in [0.1, 0.15) is 0 Å². The summed E-state index contributed by atoms with van der Waals surface area (Å²) in [5, 5.41) is 5.75. The number of nitrogens with one attached hydrogen (secondary N) is 1. The van der Waals surface area contributed by atoms with Gasteiger partial charge in [-0.05, 0) is 29.8 Å². The Morgan fingerprint density at radius 2 is 1.85 bits per heavy atom. The number of rotatable bonds is 3. The summed E-state index contributed by atoms with van der Waals surface area (Å²) >= 11 is 12.1. The van der Waals surface area contributed by atoms with Crippen LogP contribution in [0.1, 0.15) is 5.56 Å². The van der Waals surface area contributed by atoms with Crippen molar-refractivity contribution in [2.24, 2.45) is 0 Å². The van der Waals surface area contributed by atoms with E-state index in [-0.39, 0.29) is 0 Å². The Bertz CT molecular complexity index is 751. The highest BCUT2D eigenvalue weighted by Crippen LogP contribution is 2.26. The Kier molecular flexibility index (Phi) is 3.77. The van der Waals surface area contributed by atoms with Crippen LogP contribution >= 0.6 is 23.2 Å². The molecule has 0 bridgehead atoms. The van der Waals surface area contributed by atoms with Crippen molar-refractivity contribution in [2.75, 3.05) is 5.32 Å². The second-order valence-corrected chi connectivity index (χ2v) is 5.31. The molecule has 0 saturated heterocycles. The van der Waals surface area contributed by atoms with Gasteiger partial charge in [0.2, 0.25) is 0 Å². The molecule has 100 valence electrons. The van der Waals surface area contributed by atoms with E-state index in [0.29, 0.717) is 16.6 Å². The maximum atomic E-state index is 6.14. The van der Waals surface area contributed by atoms with Crippen molar-refractivity contribution in [3.8, 4) is 0 Å². The molecule has 0 radical (unpaired) electrons. The largest absolute Gasteiger partial charge is 0.380 e. The first-order valence-electron chi connectivity index (χ1n) is 6.25. The van der Waals surface area contributed by atoms with Crippen LogP contribution in [-0.4, -0.2) is 4.98 Å². The Morgan fingerprint density at radius 3 is 2.75 bits per heavy atom. The third-order valence-corrected chi connectivity index (χ3v) is 3.68. The highest BCUT2D eigenvalue weighted by Gasteiger charge is 2.04. The van der Waals surface area contributed by atoms with Gasteiger partial charge in [0, 0.05) is 23.2 Å². The second-order valence-electron chi connectivity index (χ2n) is 4.47. The predicted molar refractivity (Wildman–Crippen MR) is 85.5 cm³/mol. The van der Waals surface area contributed by atoms with Gasteiger partial charge in [0.25, 0.3) is 0 Å². The van der Waals surface area contributed by atoms with Crippen LogP contribution in [0.4, 0.5) is 5.69 Å². The van der Waals surface area contributed by atoms with Crippen molar-refractivity contribution < 1.29 is 0 Å². The molecule has 1 heterocycles. The molecule has 2 aromatic carbocycles. The summed E-state index contributed by atoms with van der Waals surface area (Å²) in [6.45, 7) is 0.647. The number of benzene rings is 2. The average Bonchev–Trinajstić information content (AvgIpc) is 2.48. The van der Waals surface area contributed by atoms with Gasteiger partial charge in [0.15, 0.2) is 0 Å². The van der Waals surface area contributed by atoms with Crippen LogP contribution < -0.4 is 5.32 Å². The molecule has 0 saturated carbocycles. The van der Waals surface area contributed by atoms with Crippen molar-refractivity contribution in [2.45, 2.75) is 6.54 Å². The molecule has 1 N–H and O–H groups in total. The molecule has 0 aliphatic rings. The van der Waals surface area contributed by atoms with Gasteiger partial charge in [-0.3, -0.25) is 4.98 Å². The fourth-order valence-corrected chi connectivity index (χ4v) is 2.49. The van der Waals surface area contributed by atoms with Crippen LogP contribution in [0.3, 0.4) is 0 Å². The smallest absolute Gasteiger partial charge is 0.0751 e. The topological polar surface area (TPSA) is 24.9 Å². The van der Waals surface area contributed by atoms with Crippen molar-refractivity contribution >= 4 is 39.8 Å². The van der Waals surface area contributed by atoms with Gasteiger partial charge < -0.3 is 5.32 Å². The first-order valence-corrected chi connectivity index (χ1v) is 7.01. The molecule has 0 aliphatic carbocycles. The van der Waals surface area contributed by atoms with Crippen LogP contribution in [0.2, 0.25) is 10.0 Å². The lowest BCUT2D eigenvalue weighted by Gasteiger charge is -2.10. The van der Waals surface area contributed by atoms with E-state index in [2.05, 4.69) is 28.5 Å². The minimum Gasteiger partial charge on any atom is -0.380 e. The minimum atomic E-state index is 0.647. The van der Waals surface area contributed by atoms with Gasteiger partial charge in [-0.15, -0.1) is 0 Å². The van der Waals surface area contributed by atoms with Crippen LogP contribution in [-0.2, 0) is 6.54 Å². The lowest BCUT2D eigenvalue weighted by molar-refractivity contribution is 1.15. The Balaban J connectivity index is 1.89. The molecule has 0 fully saturated rings. The first kappa shape index (κ1) is 13.2. The van der Waals surface area contributed by atoms with Crippen LogP contribution in [0, 0.1) is 0 Å². The van der Waals surface area contributed by atoms with E-state index in [1.54, 1.807) is 18.3 Å². The van der Waals surface area contributed by atoms with E-state index in [1.807, 2.05) is 18.2 Å². The first-order chi connectivity index (χ1) is 9.74. The summed E-state index contributed by atoms with van der Waals surface area (Å²) in [4.78, 5) is 4.43.